The number of fused-ring (bicyclic) bond motifs is 3. The topological polar surface area (TPSA) is 31.5 Å². The lowest BCUT2D eigenvalue weighted by molar-refractivity contribution is 0.0668. The third-order valence-electron chi connectivity index (χ3n) is 7.30. The van der Waals surface area contributed by atoms with Gasteiger partial charge in [-0.1, -0.05) is 51.1 Å². The molecule has 2 aliphatic rings. The molecule has 1 aromatic heterocycles. The van der Waals surface area contributed by atoms with Gasteiger partial charge >= 0.3 is 0 Å². The predicted octanol–water partition coefficient (Wildman–Crippen LogP) is 5.83. The molecule has 3 aromatic rings. The Balaban J connectivity index is 1.38. The molecule has 1 unspecified atom stereocenters. The summed E-state index contributed by atoms with van der Waals surface area (Å²) in [5.41, 5.74) is 5.52. The number of hydrogen-bond acceptors (Lipinski definition) is 3. The number of para-hydroxylation sites is 1. The van der Waals surface area contributed by atoms with Crippen molar-refractivity contribution in [3.63, 3.8) is 0 Å². The molecule has 5 heteroatoms. The molecule has 182 valence electrons. The van der Waals surface area contributed by atoms with E-state index in [1.807, 2.05) is 0 Å². The first kappa shape index (κ1) is 23.4. The molecule has 2 aliphatic heterocycles. The van der Waals surface area contributed by atoms with Crippen LogP contribution >= 0.6 is 0 Å². The van der Waals surface area contributed by atoms with E-state index in [0.29, 0.717) is 12.6 Å². The maximum Gasteiger partial charge on any atom is 0.119 e. The first-order chi connectivity index (χ1) is 16.3. The van der Waals surface area contributed by atoms with E-state index in [2.05, 4.69) is 91.0 Å². The lowest BCUT2D eigenvalue weighted by Gasteiger charge is -2.44. The van der Waals surface area contributed by atoms with Gasteiger partial charge in [-0.15, -0.1) is 0 Å². The van der Waals surface area contributed by atoms with Crippen LogP contribution in [0, 0.1) is 11.3 Å². The summed E-state index contributed by atoms with van der Waals surface area (Å²) in [6, 6.07) is 18.0. The average Bonchev–Trinajstić information content (AvgIpc) is 3.13. The Labute approximate surface area is 203 Å². The van der Waals surface area contributed by atoms with Gasteiger partial charge in [-0.3, -0.25) is 14.2 Å². The standard InChI is InChI=1S/C29H38FN3O/c1-20-15-25-24-7-5-6-8-26(24)31-27(25)28(33(20)19-29(2,3)4)22-9-11-23(12-10-22)34-14-13-32-17-21(16-30)18-32/h5-12,20-21,28,31H,13-19H2,1-4H3/t20-,28?/m1/s1. The van der Waals surface area contributed by atoms with Crippen molar-refractivity contribution < 1.29 is 9.13 Å². The summed E-state index contributed by atoms with van der Waals surface area (Å²) in [5, 5.41) is 1.35. The molecule has 0 radical (unpaired) electrons. The number of nitrogens with one attached hydrogen (secondary N) is 1. The van der Waals surface area contributed by atoms with E-state index in [1.54, 1.807) is 0 Å². The second-order valence-corrected chi connectivity index (χ2v) is 11.4. The summed E-state index contributed by atoms with van der Waals surface area (Å²) < 4.78 is 18.6. The molecular weight excluding hydrogens is 425 g/mol. The minimum Gasteiger partial charge on any atom is -0.492 e. The molecule has 2 atom stereocenters. The molecule has 1 saturated heterocycles. The summed E-state index contributed by atoms with van der Waals surface area (Å²) in [6.07, 6.45) is 1.06. The molecule has 3 heterocycles. The van der Waals surface area contributed by atoms with Crippen LogP contribution in [0.15, 0.2) is 48.5 Å². The van der Waals surface area contributed by atoms with Crippen molar-refractivity contribution in [2.24, 2.45) is 11.3 Å². The van der Waals surface area contributed by atoms with Crippen molar-refractivity contribution in [1.82, 2.24) is 14.8 Å². The van der Waals surface area contributed by atoms with Gasteiger partial charge in [-0.05, 0) is 48.1 Å². The molecule has 1 fully saturated rings. The Morgan fingerprint density at radius 2 is 1.79 bits per heavy atom. The largest absolute Gasteiger partial charge is 0.492 e. The number of aromatic nitrogens is 1. The summed E-state index contributed by atoms with van der Waals surface area (Å²) in [4.78, 5) is 8.70. The van der Waals surface area contributed by atoms with E-state index in [0.717, 1.165) is 38.3 Å². The number of hydrogen-bond donors (Lipinski definition) is 1. The van der Waals surface area contributed by atoms with Crippen LogP contribution in [0.3, 0.4) is 0 Å². The zero-order chi connectivity index (χ0) is 23.9. The molecule has 0 bridgehead atoms. The Bertz CT molecular complexity index is 1110. The number of benzene rings is 2. The van der Waals surface area contributed by atoms with Gasteiger partial charge in [-0.25, -0.2) is 0 Å². The van der Waals surface area contributed by atoms with Crippen molar-refractivity contribution in [2.75, 3.05) is 39.5 Å². The lowest BCUT2D eigenvalue weighted by atomic mass is 9.85. The third kappa shape index (κ3) is 4.73. The van der Waals surface area contributed by atoms with Crippen molar-refractivity contribution >= 4 is 10.9 Å². The second kappa shape index (κ2) is 9.35. The van der Waals surface area contributed by atoms with Crippen LogP contribution in [-0.2, 0) is 6.42 Å². The number of ether oxygens (including phenoxy) is 1. The number of alkyl halides is 1. The normalized spacial score (nSPS) is 22.0. The Kier molecular flexibility index (Phi) is 6.43. The molecule has 0 spiro atoms. The molecule has 0 aliphatic carbocycles. The van der Waals surface area contributed by atoms with Crippen molar-refractivity contribution in [1.29, 1.82) is 0 Å². The van der Waals surface area contributed by atoms with Gasteiger partial charge < -0.3 is 9.72 Å². The molecule has 0 amide bonds. The van der Waals surface area contributed by atoms with E-state index >= 15 is 0 Å². The van der Waals surface area contributed by atoms with Crippen LogP contribution in [0.4, 0.5) is 4.39 Å². The quantitative estimate of drug-likeness (QED) is 0.478. The van der Waals surface area contributed by atoms with Crippen LogP contribution in [0.5, 0.6) is 5.75 Å². The smallest absolute Gasteiger partial charge is 0.119 e. The molecular formula is C29H38FN3O. The molecule has 5 rings (SSSR count). The van der Waals surface area contributed by atoms with Crippen molar-refractivity contribution in [3.8, 4) is 5.75 Å². The van der Waals surface area contributed by atoms with Gasteiger partial charge in [0.2, 0.25) is 0 Å². The maximum atomic E-state index is 12.6. The van der Waals surface area contributed by atoms with Crippen LogP contribution in [-0.4, -0.2) is 60.3 Å². The third-order valence-corrected chi connectivity index (χ3v) is 7.30. The number of likely N-dealkylation sites (tertiary alicyclic amines) is 1. The first-order valence-corrected chi connectivity index (χ1v) is 12.7. The fraction of sp³-hybridized carbons (Fsp3) is 0.517. The summed E-state index contributed by atoms with van der Waals surface area (Å²) >= 11 is 0. The Morgan fingerprint density at radius 1 is 1.06 bits per heavy atom. The van der Waals surface area contributed by atoms with E-state index in [4.69, 9.17) is 4.74 Å². The van der Waals surface area contributed by atoms with Gasteiger partial charge in [0.05, 0.1) is 12.7 Å². The molecule has 2 aromatic carbocycles. The van der Waals surface area contributed by atoms with Gasteiger partial charge in [-0.2, -0.15) is 0 Å². The number of aromatic amines is 1. The Hall–Kier alpha value is -2.37. The van der Waals surface area contributed by atoms with Crippen LogP contribution in [0.1, 0.15) is 50.6 Å². The van der Waals surface area contributed by atoms with Gasteiger partial charge in [0.15, 0.2) is 0 Å². The summed E-state index contributed by atoms with van der Waals surface area (Å²) in [7, 11) is 0. The van der Waals surface area contributed by atoms with Crippen molar-refractivity contribution in [3.05, 3.63) is 65.4 Å². The monoisotopic (exact) mass is 463 g/mol. The second-order valence-electron chi connectivity index (χ2n) is 11.4. The minimum absolute atomic E-state index is 0.193. The number of rotatable bonds is 7. The highest BCUT2D eigenvalue weighted by molar-refractivity contribution is 5.85. The zero-order valence-electron chi connectivity index (χ0n) is 21.0. The number of H-pyrrole nitrogens is 1. The fourth-order valence-corrected chi connectivity index (χ4v) is 5.66. The maximum absolute atomic E-state index is 12.6. The SMILES string of the molecule is C[C@@H]1Cc2c([nH]c3ccccc23)C(c2ccc(OCCN3CC(CF)C3)cc2)N1CC(C)(C)C. The Morgan fingerprint density at radius 3 is 2.50 bits per heavy atom. The molecule has 34 heavy (non-hydrogen) atoms. The minimum atomic E-state index is -0.205. The average molecular weight is 464 g/mol. The lowest BCUT2D eigenvalue weighted by Crippen LogP contribution is -2.49. The van der Waals surface area contributed by atoms with E-state index < -0.39 is 0 Å². The van der Waals surface area contributed by atoms with Crippen LogP contribution < -0.4 is 4.74 Å². The highest BCUT2D eigenvalue weighted by Crippen LogP contribution is 2.42. The van der Waals surface area contributed by atoms with Crippen LogP contribution in [0.25, 0.3) is 10.9 Å². The summed E-state index contributed by atoms with van der Waals surface area (Å²) in [6.45, 7) is 13.4. The first-order valence-electron chi connectivity index (χ1n) is 12.7. The number of nitrogens with zero attached hydrogens (tertiary/aromatic N) is 2. The van der Waals surface area contributed by atoms with Gasteiger partial charge in [0.1, 0.15) is 12.4 Å². The fourth-order valence-electron chi connectivity index (χ4n) is 5.66. The van der Waals surface area contributed by atoms with Crippen molar-refractivity contribution in [2.45, 2.75) is 46.2 Å². The molecule has 1 N–H and O–H groups in total. The molecule has 0 saturated carbocycles. The highest BCUT2D eigenvalue weighted by atomic mass is 19.1. The molecule has 4 nitrogen and oxygen atoms in total. The van der Waals surface area contributed by atoms with E-state index in [-0.39, 0.29) is 24.0 Å². The van der Waals surface area contributed by atoms with E-state index in [1.165, 1.54) is 27.7 Å². The zero-order valence-corrected chi connectivity index (χ0v) is 21.0. The van der Waals surface area contributed by atoms with Gasteiger partial charge in [0, 0.05) is 54.7 Å². The predicted molar refractivity (Wildman–Crippen MR) is 137 cm³/mol. The van der Waals surface area contributed by atoms with Crippen LogP contribution in [0.2, 0.25) is 0 Å². The van der Waals surface area contributed by atoms with E-state index in [9.17, 15) is 4.39 Å². The number of halogens is 1. The summed E-state index contributed by atoms with van der Waals surface area (Å²) in [5.74, 6) is 1.12. The van der Waals surface area contributed by atoms with Gasteiger partial charge in [0.25, 0.3) is 0 Å². The highest BCUT2D eigenvalue weighted by Gasteiger charge is 2.37.